The normalized spacial score (nSPS) is 14.5. The molecule has 50 heavy (non-hydrogen) atoms. The zero-order valence-electron chi connectivity index (χ0n) is 26.3. The molecule has 1 aliphatic rings. The molecule has 14 nitrogen and oxygen atoms in total. The summed E-state index contributed by atoms with van der Waals surface area (Å²) in [6.07, 6.45) is -0.693. The van der Waals surface area contributed by atoms with Gasteiger partial charge in [-0.3, -0.25) is 20.2 Å². The number of hydrogen-bond donors (Lipinski definition) is 1. The smallest absolute Gasteiger partial charge is 0.343 e. The number of phenolic OH excluding ortho intramolecular Hbond substituents is 1. The first-order chi connectivity index (χ1) is 24.0. The fourth-order valence-corrected chi connectivity index (χ4v) is 5.51. The molecule has 0 amide bonds. The first-order valence-corrected chi connectivity index (χ1v) is 14.8. The van der Waals surface area contributed by atoms with Crippen LogP contribution in [0.15, 0.2) is 103 Å². The number of carbonyl (C=O) groups is 2. The second-order valence-electron chi connectivity index (χ2n) is 11.0. The number of aromatic hydroxyl groups is 1. The second-order valence-corrected chi connectivity index (χ2v) is 11.0. The molecule has 0 aliphatic carbocycles. The van der Waals surface area contributed by atoms with Crippen LogP contribution in [-0.4, -0.2) is 41.1 Å². The number of esters is 2. The highest BCUT2D eigenvalue weighted by atomic mass is 16.6. The second kappa shape index (κ2) is 13.6. The lowest BCUT2D eigenvalue weighted by atomic mass is 9.85. The molecule has 1 aliphatic heterocycles. The van der Waals surface area contributed by atoms with Crippen molar-refractivity contribution in [2.45, 2.75) is 12.0 Å². The van der Waals surface area contributed by atoms with E-state index < -0.39 is 33.8 Å². The van der Waals surface area contributed by atoms with Crippen LogP contribution in [0.5, 0.6) is 34.5 Å². The van der Waals surface area contributed by atoms with Crippen molar-refractivity contribution in [2.24, 2.45) is 0 Å². The summed E-state index contributed by atoms with van der Waals surface area (Å²) in [7, 11) is 2.95. The average Bonchev–Trinajstić information content (AvgIpc) is 3.49. The van der Waals surface area contributed by atoms with E-state index >= 15 is 0 Å². The van der Waals surface area contributed by atoms with Gasteiger partial charge in [-0.05, 0) is 65.7 Å². The Morgan fingerprint density at radius 3 is 1.64 bits per heavy atom. The van der Waals surface area contributed by atoms with Crippen LogP contribution >= 0.6 is 0 Å². The van der Waals surface area contributed by atoms with E-state index in [-0.39, 0.29) is 45.5 Å². The van der Waals surface area contributed by atoms with Crippen molar-refractivity contribution >= 4 is 23.3 Å². The quantitative estimate of drug-likeness (QED) is 0.0695. The number of ether oxygens (including phenoxy) is 5. The van der Waals surface area contributed by atoms with E-state index in [2.05, 4.69) is 0 Å². The minimum absolute atomic E-state index is 0.0214. The van der Waals surface area contributed by atoms with Crippen LogP contribution in [-0.2, 0) is 0 Å². The van der Waals surface area contributed by atoms with Gasteiger partial charge in [0.25, 0.3) is 11.4 Å². The Kier molecular flexibility index (Phi) is 8.99. The summed E-state index contributed by atoms with van der Waals surface area (Å²) in [5.41, 5.74) is 1.34. The third-order valence-electron chi connectivity index (χ3n) is 7.96. The van der Waals surface area contributed by atoms with Gasteiger partial charge in [-0.1, -0.05) is 12.1 Å². The Morgan fingerprint density at radius 2 is 1.18 bits per heavy atom. The summed E-state index contributed by atoms with van der Waals surface area (Å²) in [5.74, 6) is -1.39. The van der Waals surface area contributed by atoms with E-state index in [0.29, 0.717) is 22.6 Å². The van der Waals surface area contributed by atoms with Crippen molar-refractivity contribution in [3.63, 3.8) is 0 Å². The maximum Gasteiger partial charge on any atom is 0.343 e. The molecule has 1 heterocycles. The molecule has 5 aromatic carbocycles. The van der Waals surface area contributed by atoms with E-state index in [1.807, 2.05) is 12.1 Å². The highest BCUT2D eigenvalue weighted by molar-refractivity contribution is 5.92. The number of nitrogens with zero attached hydrogens (tertiary/aromatic N) is 2. The fourth-order valence-electron chi connectivity index (χ4n) is 5.51. The van der Waals surface area contributed by atoms with Gasteiger partial charge in [-0.15, -0.1) is 0 Å². The minimum Gasteiger partial charge on any atom is -0.504 e. The number of benzene rings is 5. The molecule has 2 atom stereocenters. The van der Waals surface area contributed by atoms with E-state index in [1.54, 1.807) is 30.3 Å². The molecule has 1 N–H and O–H groups in total. The van der Waals surface area contributed by atoms with Crippen molar-refractivity contribution in [1.29, 1.82) is 0 Å². The Labute approximate surface area is 283 Å². The van der Waals surface area contributed by atoms with Gasteiger partial charge in [0.1, 0.15) is 29.1 Å². The highest BCUT2D eigenvalue weighted by Crippen LogP contribution is 2.53. The predicted molar refractivity (Wildman–Crippen MR) is 175 cm³/mol. The topological polar surface area (TPSA) is 187 Å². The first-order valence-electron chi connectivity index (χ1n) is 14.8. The van der Waals surface area contributed by atoms with Crippen LogP contribution in [0.4, 0.5) is 11.4 Å². The van der Waals surface area contributed by atoms with E-state index in [9.17, 15) is 34.9 Å². The molecule has 0 saturated carbocycles. The van der Waals surface area contributed by atoms with Gasteiger partial charge in [0.15, 0.2) is 11.5 Å². The molecule has 6 rings (SSSR count). The van der Waals surface area contributed by atoms with E-state index in [1.165, 1.54) is 50.6 Å². The molecule has 0 bridgehead atoms. The number of nitro benzene ring substituents is 2. The van der Waals surface area contributed by atoms with Gasteiger partial charge in [0.05, 0.1) is 41.1 Å². The molecule has 0 aromatic heterocycles. The largest absolute Gasteiger partial charge is 0.504 e. The predicted octanol–water partition coefficient (Wildman–Crippen LogP) is 6.93. The van der Waals surface area contributed by atoms with Crippen molar-refractivity contribution in [1.82, 2.24) is 0 Å². The number of non-ortho nitro benzene ring substituents is 2. The fraction of sp³-hybridized carbons (Fsp3) is 0.111. The Bertz CT molecular complexity index is 2020. The van der Waals surface area contributed by atoms with Crippen molar-refractivity contribution < 1.29 is 48.2 Å². The van der Waals surface area contributed by atoms with Crippen LogP contribution < -0.4 is 23.7 Å². The number of fused-ring (bicyclic) bond motifs is 1. The molecule has 0 spiro atoms. The van der Waals surface area contributed by atoms with Gasteiger partial charge < -0.3 is 28.8 Å². The Balaban J connectivity index is 1.43. The number of rotatable bonds is 10. The lowest BCUT2D eigenvalue weighted by Gasteiger charge is -2.22. The molecule has 0 saturated heterocycles. The van der Waals surface area contributed by atoms with Gasteiger partial charge >= 0.3 is 11.9 Å². The zero-order chi connectivity index (χ0) is 35.5. The number of phenols is 1. The lowest BCUT2D eigenvalue weighted by Crippen LogP contribution is -2.14. The molecular weight excluding hydrogens is 652 g/mol. The Morgan fingerprint density at radius 1 is 0.660 bits per heavy atom. The van der Waals surface area contributed by atoms with E-state index in [4.69, 9.17) is 23.7 Å². The van der Waals surface area contributed by atoms with E-state index in [0.717, 1.165) is 29.8 Å². The molecule has 0 radical (unpaired) electrons. The van der Waals surface area contributed by atoms with Gasteiger partial charge in [-0.25, -0.2) is 9.59 Å². The third-order valence-corrected chi connectivity index (χ3v) is 7.96. The number of methoxy groups -OCH3 is 2. The SMILES string of the molecule is COc1ccc([C@H]2Oc3cc(OC)c(O)cc3[C@@H]2c2cc(OC(=O)c3ccc([N+](=O)[O-])cc3)cc(OC(=O)c3ccc([N+](=O)[O-])cc3)c2)cc1. The molecule has 0 fully saturated rings. The van der Waals surface area contributed by atoms with Gasteiger partial charge in [0, 0.05) is 42.0 Å². The van der Waals surface area contributed by atoms with Crippen LogP contribution in [0.3, 0.4) is 0 Å². The van der Waals surface area contributed by atoms with Gasteiger partial charge in [0.2, 0.25) is 0 Å². The van der Waals surface area contributed by atoms with Crippen molar-refractivity contribution in [3.05, 3.63) is 151 Å². The summed E-state index contributed by atoms with van der Waals surface area (Å²) in [6, 6.07) is 24.2. The summed E-state index contributed by atoms with van der Waals surface area (Å²) < 4.78 is 28.4. The van der Waals surface area contributed by atoms with Crippen LogP contribution in [0.25, 0.3) is 0 Å². The maximum absolute atomic E-state index is 13.2. The van der Waals surface area contributed by atoms with Gasteiger partial charge in [-0.2, -0.15) is 0 Å². The summed E-state index contributed by atoms with van der Waals surface area (Å²) in [4.78, 5) is 47.4. The number of hydrogen-bond acceptors (Lipinski definition) is 12. The monoisotopic (exact) mass is 678 g/mol. The standard InChI is InChI=1S/C36H26N2O12/c1-46-26-13-7-20(8-14-26)34-33(29-18-30(39)32(47-2)19-31(29)50-34)23-15-27(48-35(40)21-3-9-24(10-4-21)37(42)43)17-28(16-23)49-36(41)22-5-11-25(12-6-22)38(44)45/h3-19,33-34,39H,1-2H3/t33-,34+/m0/s1. The average molecular weight is 679 g/mol. The molecule has 252 valence electrons. The molecule has 14 heteroatoms. The zero-order valence-corrected chi connectivity index (χ0v) is 26.3. The number of carbonyl (C=O) groups excluding carboxylic acids is 2. The maximum atomic E-state index is 13.2. The molecular formula is C36H26N2O12. The summed E-state index contributed by atoms with van der Waals surface area (Å²) in [6.45, 7) is 0. The van der Waals surface area contributed by atoms with Crippen LogP contribution in [0, 0.1) is 20.2 Å². The van der Waals surface area contributed by atoms with Crippen molar-refractivity contribution in [3.8, 4) is 34.5 Å². The van der Waals surface area contributed by atoms with Crippen LogP contribution in [0.1, 0.15) is 49.4 Å². The van der Waals surface area contributed by atoms with Crippen molar-refractivity contribution in [2.75, 3.05) is 14.2 Å². The highest BCUT2D eigenvalue weighted by Gasteiger charge is 2.39. The Hall–Kier alpha value is -6.96. The lowest BCUT2D eigenvalue weighted by molar-refractivity contribution is -0.385. The number of nitro groups is 2. The first kappa shape index (κ1) is 33.0. The summed E-state index contributed by atoms with van der Waals surface area (Å²) in [5, 5.41) is 32.9. The summed E-state index contributed by atoms with van der Waals surface area (Å²) >= 11 is 0. The molecule has 0 unspecified atom stereocenters. The molecule has 5 aromatic rings. The third kappa shape index (κ3) is 6.71. The van der Waals surface area contributed by atoms with Crippen LogP contribution in [0.2, 0.25) is 0 Å². The minimum atomic E-state index is -0.846.